The first-order valence-corrected chi connectivity index (χ1v) is 7.12. The highest BCUT2D eigenvalue weighted by molar-refractivity contribution is 9.10. The van der Waals surface area contributed by atoms with E-state index >= 15 is 0 Å². The molecular formula is C16H16BrF2N. The van der Waals surface area contributed by atoms with Crippen LogP contribution < -0.4 is 5.32 Å². The molecular weight excluding hydrogens is 324 g/mol. The van der Waals surface area contributed by atoms with Gasteiger partial charge in [0.05, 0.1) is 10.5 Å². The molecule has 0 aromatic heterocycles. The lowest BCUT2D eigenvalue weighted by molar-refractivity contribution is 0.605. The number of halogens is 3. The van der Waals surface area contributed by atoms with Gasteiger partial charge in [-0.15, -0.1) is 0 Å². The maximum Gasteiger partial charge on any atom is 0.137 e. The van der Waals surface area contributed by atoms with Crippen molar-refractivity contribution in [1.29, 1.82) is 0 Å². The molecule has 0 heterocycles. The van der Waals surface area contributed by atoms with Gasteiger partial charge in [-0.1, -0.05) is 6.07 Å². The first kappa shape index (κ1) is 15.1. The van der Waals surface area contributed by atoms with Gasteiger partial charge in [0.2, 0.25) is 0 Å². The van der Waals surface area contributed by atoms with Crippen molar-refractivity contribution in [1.82, 2.24) is 5.32 Å². The summed E-state index contributed by atoms with van der Waals surface area (Å²) in [5.74, 6) is -0.555. The fourth-order valence-electron chi connectivity index (χ4n) is 2.55. The van der Waals surface area contributed by atoms with Gasteiger partial charge in [-0.25, -0.2) is 8.78 Å². The molecule has 0 fully saturated rings. The van der Waals surface area contributed by atoms with Crippen molar-refractivity contribution in [2.45, 2.75) is 19.9 Å². The standard InChI is InChI=1S/C16H16BrF2N/c1-9-6-12(18)7-10(2)15(9)16(20-3)11-4-5-13(17)14(19)8-11/h4-8,16,20H,1-3H3. The summed E-state index contributed by atoms with van der Waals surface area (Å²) in [6.45, 7) is 3.73. The summed E-state index contributed by atoms with van der Waals surface area (Å²) >= 11 is 3.15. The molecule has 0 aliphatic carbocycles. The van der Waals surface area contributed by atoms with Crippen LogP contribution in [-0.2, 0) is 0 Å². The smallest absolute Gasteiger partial charge is 0.137 e. The fourth-order valence-corrected chi connectivity index (χ4v) is 2.79. The number of rotatable bonds is 3. The van der Waals surface area contributed by atoms with Crippen molar-refractivity contribution in [3.05, 3.63) is 68.7 Å². The van der Waals surface area contributed by atoms with E-state index in [1.165, 1.54) is 18.2 Å². The van der Waals surface area contributed by atoms with Crippen molar-refractivity contribution < 1.29 is 8.78 Å². The number of hydrogen-bond acceptors (Lipinski definition) is 1. The van der Waals surface area contributed by atoms with Gasteiger partial charge in [0.1, 0.15) is 11.6 Å². The molecule has 2 aromatic carbocycles. The van der Waals surface area contributed by atoms with Crippen LogP contribution in [0.5, 0.6) is 0 Å². The highest BCUT2D eigenvalue weighted by Crippen LogP contribution is 2.30. The molecule has 0 amide bonds. The maximum atomic E-state index is 13.7. The predicted molar refractivity (Wildman–Crippen MR) is 80.9 cm³/mol. The van der Waals surface area contributed by atoms with Crippen molar-refractivity contribution in [3.63, 3.8) is 0 Å². The van der Waals surface area contributed by atoms with Gasteiger partial charge < -0.3 is 5.32 Å². The van der Waals surface area contributed by atoms with Crippen LogP contribution in [-0.4, -0.2) is 7.05 Å². The van der Waals surface area contributed by atoms with Crippen LogP contribution in [0.4, 0.5) is 8.78 Å². The van der Waals surface area contributed by atoms with Crippen LogP contribution >= 0.6 is 15.9 Å². The molecule has 20 heavy (non-hydrogen) atoms. The summed E-state index contributed by atoms with van der Waals surface area (Å²) < 4.78 is 27.6. The Morgan fingerprint density at radius 3 is 2.15 bits per heavy atom. The summed E-state index contributed by atoms with van der Waals surface area (Å²) in [6, 6.07) is 7.87. The largest absolute Gasteiger partial charge is 0.309 e. The Kier molecular flexibility index (Phi) is 4.55. The Labute approximate surface area is 126 Å². The minimum Gasteiger partial charge on any atom is -0.309 e. The van der Waals surface area contributed by atoms with E-state index in [2.05, 4.69) is 21.2 Å². The van der Waals surface area contributed by atoms with E-state index in [1.807, 2.05) is 27.0 Å². The van der Waals surface area contributed by atoms with Crippen LogP contribution in [0, 0.1) is 25.5 Å². The third-order valence-corrected chi connectivity index (χ3v) is 4.06. The van der Waals surface area contributed by atoms with Gasteiger partial charge in [0.15, 0.2) is 0 Å². The van der Waals surface area contributed by atoms with E-state index in [4.69, 9.17) is 0 Å². The highest BCUT2D eigenvalue weighted by atomic mass is 79.9. The molecule has 1 nitrogen and oxygen atoms in total. The monoisotopic (exact) mass is 339 g/mol. The van der Waals surface area contributed by atoms with E-state index in [0.717, 1.165) is 22.3 Å². The number of aryl methyl sites for hydroxylation is 2. The van der Waals surface area contributed by atoms with Crippen molar-refractivity contribution >= 4 is 15.9 Å². The average molecular weight is 340 g/mol. The van der Waals surface area contributed by atoms with Crippen LogP contribution in [0.25, 0.3) is 0 Å². The third-order valence-electron chi connectivity index (χ3n) is 3.41. The zero-order chi connectivity index (χ0) is 14.9. The second-order valence-electron chi connectivity index (χ2n) is 4.85. The lowest BCUT2D eigenvalue weighted by Gasteiger charge is -2.22. The van der Waals surface area contributed by atoms with Gasteiger partial charge >= 0.3 is 0 Å². The Bertz CT molecular complexity index is 617. The SMILES string of the molecule is CNC(c1ccc(Br)c(F)c1)c1c(C)cc(F)cc1C. The van der Waals surface area contributed by atoms with Crippen molar-refractivity contribution in [3.8, 4) is 0 Å². The Balaban J connectivity index is 2.55. The molecule has 2 aromatic rings. The Morgan fingerprint density at radius 1 is 1.05 bits per heavy atom. The number of benzene rings is 2. The lowest BCUT2D eigenvalue weighted by Crippen LogP contribution is -2.20. The van der Waals surface area contributed by atoms with E-state index in [1.54, 1.807) is 6.07 Å². The van der Waals surface area contributed by atoms with Crippen LogP contribution in [0.1, 0.15) is 28.3 Å². The van der Waals surface area contributed by atoms with Gasteiger partial charge in [-0.2, -0.15) is 0 Å². The van der Waals surface area contributed by atoms with Crippen LogP contribution in [0.3, 0.4) is 0 Å². The molecule has 0 spiro atoms. The molecule has 2 rings (SSSR count). The van der Waals surface area contributed by atoms with Gasteiger partial charge in [0, 0.05) is 0 Å². The molecule has 0 aliphatic rings. The van der Waals surface area contributed by atoms with E-state index in [-0.39, 0.29) is 17.7 Å². The van der Waals surface area contributed by atoms with Gasteiger partial charge in [-0.3, -0.25) is 0 Å². The lowest BCUT2D eigenvalue weighted by atomic mass is 9.91. The predicted octanol–water partition coefficient (Wildman–Crippen LogP) is 4.65. The zero-order valence-corrected chi connectivity index (χ0v) is 13.2. The zero-order valence-electron chi connectivity index (χ0n) is 11.6. The summed E-state index contributed by atoms with van der Waals surface area (Å²) in [6.07, 6.45) is 0. The average Bonchev–Trinajstić information content (AvgIpc) is 2.37. The summed E-state index contributed by atoms with van der Waals surface area (Å²) in [4.78, 5) is 0. The van der Waals surface area contributed by atoms with Crippen LogP contribution in [0.15, 0.2) is 34.8 Å². The molecule has 0 bridgehead atoms. The minimum absolute atomic E-state index is 0.168. The van der Waals surface area contributed by atoms with E-state index in [9.17, 15) is 8.78 Å². The molecule has 1 N–H and O–H groups in total. The second-order valence-corrected chi connectivity index (χ2v) is 5.70. The number of nitrogens with one attached hydrogen (secondary N) is 1. The number of hydrogen-bond donors (Lipinski definition) is 1. The van der Waals surface area contributed by atoms with Gasteiger partial charge in [0.25, 0.3) is 0 Å². The topological polar surface area (TPSA) is 12.0 Å². The molecule has 1 atom stereocenters. The second kappa shape index (κ2) is 6.02. The maximum absolute atomic E-state index is 13.7. The highest BCUT2D eigenvalue weighted by Gasteiger charge is 2.18. The summed E-state index contributed by atoms with van der Waals surface area (Å²) in [5, 5.41) is 3.18. The first-order valence-electron chi connectivity index (χ1n) is 6.33. The molecule has 0 saturated heterocycles. The van der Waals surface area contributed by atoms with Crippen molar-refractivity contribution in [2.24, 2.45) is 0 Å². The summed E-state index contributed by atoms with van der Waals surface area (Å²) in [5.41, 5.74) is 3.50. The Hall–Kier alpha value is -1.26. The van der Waals surface area contributed by atoms with E-state index < -0.39 is 0 Å². The fraction of sp³-hybridized carbons (Fsp3) is 0.250. The van der Waals surface area contributed by atoms with E-state index in [0.29, 0.717) is 4.47 Å². The molecule has 0 radical (unpaired) electrons. The normalized spacial score (nSPS) is 12.5. The molecule has 0 saturated carbocycles. The third kappa shape index (κ3) is 2.91. The Morgan fingerprint density at radius 2 is 1.65 bits per heavy atom. The van der Waals surface area contributed by atoms with Crippen LogP contribution in [0.2, 0.25) is 0 Å². The van der Waals surface area contributed by atoms with Crippen molar-refractivity contribution in [2.75, 3.05) is 7.05 Å². The van der Waals surface area contributed by atoms with Gasteiger partial charge in [-0.05, 0) is 83.3 Å². The first-order chi connectivity index (χ1) is 9.43. The molecule has 4 heteroatoms. The quantitative estimate of drug-likeness (QED) is 0.857. The summed E-state index contributed by atoms with van der Waals surface area (Å²) in [7, 11) is 1.81. The molecule has 106 valence electrons. The minimum atomic E-state index is -0.305. The molecule has 1 unspecified atom stereocenters. The molecule has 0 aliphatic heterocycles.